The van der Waals surface area contributed by atoms with Gasteiger partial charge >= 0.3 is 0 Å². The van der Waals surface area contributed by atoms with Crippen LogP contribution in [0.25, 0.3) is 21.1 Å². The Morgan fingerprint density at radius 2 is 1.94 bits per heavy atom. The van der Waals surface area contributed by atoms with E-state index in [-0.39, 0.29) is 5.91 Å². The lowest BCUT2D eigenvalue weighted by Gasteiger charge is -2.32. The minimum atomic E-state index is -0.0291. The second-order valence-electron chi connectivity index (χ2n) is 9.51. The minimum Gasteiger partial charge on any atom is -0.495 e. The molecule has 1 aliphatic rings. The predicted octanol–water partition coefficient (Wildman–Crippen LogP) is 6.37. The molecular formula is C28H30ClN3O2S. The number of ether oxygens (including phenoxy) is 1. The molecular weight excluding hydrogens is 478 g/mol. The van der Waals surface area contributed by atoms with Gasteiger partial charge in [-0.1, -0.05) is 35.4 Å². The van der Waals surface area contributed by atoms with Crippen LogP contribution in [-0.4, -0.2) is 42.5 Å². The van der Waals surface area contributed by atoms with E-state index in [9.17, 15) is 4.79 Å². The highest BCUT2D eigenvalue weighted by molar-refractivity contribution is 7.20. The van der Waals surface area contributed by atoms with E-state index in [1.807, 2.05) is 24.3 Å². The molecule has 1 saturated heterocycles. The van der Waals surface area contributed by atoms with Crippen molar-refractivity contribution in [1.82, 2.24) is 15.2 Å². The first kappa shape index (κ1) is 24.0. The second kappa shape index (κ2) is 10.1. The zero-order valence-electron chi connectivity index (χ0n) is 20.4. The number of benzene rings is 2. The number of likely N-dealkylation sites (tertiary alicyclic amines) is 1. The van der Waals surface area contributed by atoms with Crippen LogP contribution in [0.4, 0.5) is 0 Å². The van der Waals surface area contributed by atoms with Gasteiger partial charge in [0.15, 0.2) is 0 Å². The van der Waals surface area contributed by atoms with Gasteiger partial charge in [0.1, 0.15) is 15.6 Å². The number of carbonyl (C=O) groups excluding carboxylic acids is 1. The van der Waals surface area contributed by atoms with Gasteiger partial charge in [-0.3, -0.25) is 9.69 Å². The number of carbonyl (C=O) groups is 1. The van der Waals surface area contributed by atoms with Gasteiger partial charge in [0, 0.05) is 23.9 Å². The van der Waals surface area contributed by atoms with Gasteiger partial charge < -0.3 is 10.1 Å². The Balaban J connectivity index is 1.19. The number of aryl methyl sites for hydroxylation is 2. The van der Waals surface area contributed by atoms with Crippen molar-refractivity contribution in [3.8, 4) is 5.75 Å². The van der Waals surface area contributed by atoms with Gasteiger partial charge in [-0.15, -0.1) is 11.3 Å². The van der Waals surface area contributed by atoms with E-state index in [0.717, 1.165) is 48.1 Å². The number of aromatic nitrogens is 1. The van der Waals surface area contributed by atoms with E-state index in [1.54, 1.807) is 7.11 Å². The van der Waals surface area contributed by atoms with Crippen LogP contribution in [0.15, 0.2) is 42.5 Å². The summed E-state index contributed by atoms with van der Waals surface area (Å²) in [5.74, 6) is 1.08. The molecule has 7 heteroatoms. The Labute approximate surface area is 215 Å². The van der Waals surface area contributed by atoms with E-state index in [1.165, 1.54) is 28.0 Å². The number of nitrogens with one attached hydrogen (secondary N) is 1. The minimum absolute atomic E-state index is 0.0291. The van der Waals surface area contributed by atoms with Crippen molar-refractivity contribution in [3.05, 3.63) is 69.1 Å². The van der Waals surface area contributed by atoms with Crippen molar-refractivity contribution in [1.29, 1.82) is 0 Å². The normalized spacial score (nSPS) is 15.1. The molecule has 182 valence electrons. The first-order valence-electron chi connectivity index (χ1n) is 12.0. The summed E-state index contributed by atoms with van der Waals surface area (Å²) in [4.78, 5) is 21.6. The van der Waals surface area contributed by atoms with Crippen LogP contribution in [0.5, 0.6) is 5.75 Å². The summed E-state index contributed by atoms with van der Waals surface area (Å²) in [6.45, 7) is 8.19. The Morgan fingerprint density at radius 3 is 2.71 bits per heavy atom. The third-order valence-electron chi connectivity index (χ3n) is 6.98. The fraction of sp³-hybridized carbons (Fsp3) is 0.357. The van der Waals surface area contributed by atoms with Crippen molar-refractivity contribution in [2.75, 3.05) is 26.7 Å². The number of piperidine rings is 1. The van der Waals surface area contributed by atoms with Gasteiger partial charge in [-0.2, -0.15) is 0 Å². The molecule has 0 spiro atoms. The summed E-state index contributed by atoms with van der Waals surface area (Å²) in [5.41, 5.74) is 4.79. The standard InChI is InChI=1S/C28H30ClN3O2S/c1-17-4-5-18(2)22(12-17)16-32-10-8-19(9-11-32)15-30-27(33)24-14-21-13-20-6-7-23(34-3)25(29)26(20)31-28(21)35-24/h4-7,12-14,19H,8-11,15-16H2,1-3H3,(H,30,33). The fourth-order valence-electron chi connectivity index (χ4n) is 4.80. The van der Waals surface area contributed by atoms with Crippen LogP contribution >= 0.6 is 22.9 Å². The van der Waals surface area contributed by atoms with Crippen LogP contribution in [0.2, 0.25) is 5.02 Å². The van der Waals surface area contributed by atoms with Gasteiger partial charge in [0.25, 0.3) is 5.91 Å². The molecule has 1 fully saturated rings. The second-order valence-corrected chi connectivity index (χ2v) is 10.9. The topological polar surface area (TPSA) is 54.5 Å². The zero-order chi connectivity index (χ0) is 24.5. The van der Waals surface area contributed by atoms with Crippen molar-refractivity contribution in [2.24, 2.45) is 5.92 Å². The third-order valence-corrected chi connectivity index (χ3v) is 8.39. The molecule has 0 atom stereocenters. The monoisotopic (exact) mass is 507 g/mol. The van der Waals surface area contributed by atoms with E-state index in [2.05, 4.69) is 42.3 Å². The molecule has 2 aromatic carbocycles. The Morgan fingerprint density at radius 1 is 1.14 bits per heavy atom. The molecule has 0 bridgehead atoms. The first-order valence-corrected chi connectivity index (χ1v) is 13.2. The highest BCUT2D eigenvalue weighted by Crippen LogP contribution is 2.35. The molecule has 0 radical (unpaired) electrons. The van der Waals surface area contributed by atoms with E-state index in [0.29, 0.717) is 33.6 Å². The highest BCUT2D eigenvalue weighted by atomic mass is 35.5. The Bertz CT molecular complexity index is 1390. The number of rotatable bonds is 6. The maximum Gasteiger partial charge on any atom is 0.261 e. The number of amides is 1. The summed E-state index contributed by atoms with van der Waals surface area (Å²) in [7, 11) is 1.59. The number of halogens is 1. The molecule has 2 aromatic heterocycles. The molecule has 35 heavy (non-hydrogen) atoms. The van der Waals surface area contributed by atoms with Crippen molar-refractivity contribution >= 4 is 50.0 Å². The lowest BCUT2D eigenvalue weighted by atomic mass is 9.96. The molecule has 3 heterocycles. The summed E-state index contributed by atoms with van der Waals surface area (Å²) in [5, 5.41) is 5.54. The summed E-state index contributed by atoms with van der Waals surface area (Å²) in [6.07, 6.45) is 2.20. The number of fused-ring (bicyclic) bond motifs is 2. The number of pyridine rings is 1. The van der Waals surface area contributed by atoms with Crippen LogP contribution in [0, 0.1) is 19.8 Å². The van der Waals surface area contributed by atoms with Crippen molar-refractivity contribution in [3.63, 3.8) is 0 Å². The molecule has 0 unspecified atom stereocenters. The Kier molecular flexibility index (Phi) is 6.96. The molecule has 5 nitrogen and oxygen atoms in total. The van der Waals surface area contributed by atoms with Crippen LogP contribution < -0.4 is 10.1 Å². The van der Waals surface area contributed by atoms with Crippen molar-refractivity contribution < 1.29 is 9.53 Å². The summed E-state index contributed by atoms with van der Waals surface area (Å²) in [6, 6.07) is 14.4. The summed E-state index contributed by atoms with van der Waals surface area (Å²) >= 11 is 7.85. The lowest BCUT2D eigenvalue weighted by Crippen LogP contribution is -2.38. The number of thiophene rings is 1. The van der Waals surface area contributed by atoms with E-state index in [4.69, 9.17) is 21.3 Å². The van der Waals surface area contributed by atoms with Gasteiger partial charge in [0.2, 0.25) is 0 Å². The largest absolute Gasteiger partial charge is 0.495 e. The SMILES string of the molecule is COc1ccc2cc3cc(C(=O)NCC4CCN(Cc5cc(C)ccc5C)CC4)sc3nc2c1Cl. The molecule has 1 aliphatic heterocycles. The number of hydrogen-bond donors (Lipinski definition) is 1. The fourth-order valence-corrected chi connectivity index (χ4v) is 6.02. The molecule has 0 saturated carbocycles. The van der Waals surface area contributed by atoms with Crippen LogP contribution in [-0.2, 0) is 6.54 Å². The third kappa shape index (κ3) is 5.15. The lowest BCUT2D eigenvalue weighted by molar-refractivity contribution is 0.0939. The molecule has 5 rings (SSSR count). The quantitative estimate of drug-likeness (QED) is 0.329. The maximum absolute atomic E-state index is 12.9. The number of nitrogens with zero attached hydrogens (tertiary/aromatic N) is 2. The van der Waals surface area contributed by atoms with E-state index >= 15 is 0 Å². The Hall–Kier alpha value is -2.67. The predicted molar refractivity (Wildman–Crippen MR) is 145 cm³/mol. The number of methoxy groups -OCH3 is 1. The molecule has 1 amide bonds. The average Bonchev–Trinajstić information content (AvgIpc) is 3.28. The van der Waals surface area contributed by atoms with Gasteiger partial charge in [-0.05, 0) is 81.1 Å². The van der Waals surface area contributed by atoms with Crippen LogP contribution in [0.1, 0.15) is 39.2 Å². The van der Waals surface area contributed by atoms with Gasteiger partial charge in [-0.25, -0.2) is 4.98 Å². The smallest absolute Gasteiger partial charge is 0.261 e. The zero-order valence-corrected chi connectivity index (χ0v) is 21.9. The maximum atomic E-state index is 12.9. The van der Waals surface area contributed by atoms with Crippen LogP contribution in [0.3, 0.4) is 0 Å². The molecule has 0 aliphatic carbocycles. The van der Waals surface area contributed by atoms with Crippen molar-refractivity contribution in [2.45, 2.75) is 33.2 Å². The van der Waals surface area contributed by atoms with E-state index < -0.39 is 0 Å². The highest BCUT2D eigenvalue weighted by Gasteiger charge is 2.21. The number of hydrogen-bond acceptors (Lipinski definition) is 5. The van der Waals surface area contributed by atoms with Gasteiger partial charge in [0.05, 0.1) is 17.5 Å². The average molecular weight is 508 g/mol. The summed E-state index contributed by atoms with van der Waals surface area (Å²) < 4.78 is 5.31. The first-order chi connectivity index (χ1) is 16.9. The molecule has 4 aromatic rings. The molecule has 1 N–H and O–H groups in total.